The number of hydrogen-bond donors (Lipinski definition) is 2. The highest BCUT2D eigenvalue weighted by molar-refractivity contribution is 5.20. The van der Waals surface area contributed by atoms with Gasteiger partial charge >= 0.3 is 0 Å². The van der Waals surface area contributed by atoms with E-state index in [-0.39, 0.29) is 36.3 Å². The second-order valence-electron chi connectivity index (χ2n) is 6.48. The highest BCUT2D eigenvalue weighted by Crippen LogP contribution is 2.46. The zero-order valence-corrected chi connectivity index (χ0v) is 12.7. The molecular weight excluding hydrogens is 288 g/mol. The lowest BCUT2D eigenvalue weighted by atomic mass is 9.63. The molecule has 1 saturated carbocycles. The fourth-order valence-corrected chi connectivity index (χ4v) is 3.72. The standard InChI is InChI=1S/C17H23F2NO2/c18-13-4-1-5-14(19)12(13)10-20-16(15-6-2-9-22-15)17(11-21)7-3-8-17/h1,4-5,15-16,20-21H,2-3,6-11H2. The van der Waals surface area contributed by atoms with Crippen molar-refractivity contribution in [2.24, 2.45) is 5.41 Å². The summed E-state index contributed by atoms with van der Waals surface area (Å²) in [7, 11) is 0. The lowest BCUT2D eigenvalue weighted by molar-refractivity contribution is -0.0518. The molecular formula is C17H23F2NO2. The summed E-state index contributed by atoms with van der Waals surface area (Å²) in [5, 5.41) is 13.1. The van der Waals surface area contributed by atoms with Crippen molar-refractivity contribution in [2.45, 2.75) is 50.8 Å². The van der Waals surface area contributed by atoms with Crippen molar-refractivity contribution in [3.63, 3.8) is 0 Å². The summed E-state index contributed by atoms with van der Waals surface area (Å²) < 4.78 is 33.4. The molecule has 3 nitrogen and oxygen atoms in total. The summed E-state index contributed by atoms with van der Waals surface area (Å²) in [4.78, 5) is 0. The summed E-state index contributed by atoms with van der Waals surface area (Å²) in [5.74, 6) is -1.07. The molecule has 1 heterocycles. The van der Waals surface area contributed by atoms with Gasteiger partial charge in [0, 0.05) is 30.2 Å². The Labute approximate surface area is 129 Å². The molecule has 0 amide bonds. The van der Waals surface area contributed by atoms with Gasteiger partial charge in [-0.1, -0.05) is 12.5 Å². The van der Waals surface area contributed by atoms with Gasteiger partial charge in [-0.3, -0.25) is 0 Å². The van der Waals surface area contributed by atoms with Gasteiger partial charge in [0.05, 0.1) is 12.7 Å². The summed E-state index contributed by atoms with van der Waals surface area (Å²) in [6.45, 7) is 0.924. The number of ether oxygens (including phenoxy) is 1. The van der Waals surface area contributed by atoms with E-state index in [0.717, 1.165) is 38.7 Å². The van der Waals surface area contributed by atoms with Crippen LogP contribution in [0, 0.1) is 17.0 Å². The van der Waals surface area contributed by atoms with Crippen LogP contribution < -0.4 is 5.32 Å². The van der Waals surface area contributed by atoms with Gasteiger partial charge < -0.3 is 15.2 Å². The van der Waals surface area contributed by atoms with Crippen molar-refractivity contribution in [1.82, 2.24) is 5.32 Å². The quantitative estimate of drug-likeness (QED) is 0.849. The Morgan fingerprint density at radius 3 is 2.50 bits per heavy atom. The molecule has 22 heavy (non-hydrogen) atoms. The second kappa shape index (κ2) is 6.60. The van der Waals surface area contributed by atoms with E-state index in [2.05, 4.69) is 5.32 Å². The largest absolute Gasteiger partial charge is 0.396 e. The SMILES string of the molecule is OCC1(C(NCc2c(F)cccc2F)C2CCCO2)CCC1. The molecule has 0 aromatic heterocycles. The van der Waals surface area contributed by atoms with Gasteiger partial charge in [0.1, 0.15) is 11.6 Å². The molecule has 0 radical (unpaired) electrons. The molecule has 0 spiro atoms. The smallest absolute Gasteiger partial charge is 0.130 e. The van der Waals surface area contributed by atoms with Gasteiger partial charge in [-0.2, -0.15) is 0 Å². The van der Waals surface area contributed by atoms with Crippen LogP contribution in [-0.4, -0.2) is 30.5 Å². The van der Waals surface area contributed by atoms with Crippen molar-refractivity contribution >= 4 is 0 Å². The Balaban J connectivity index is 1.75. The minimum Gasteiger partial charge on any atom is -0.396 e. The minimum absolute atomic E-state index is 0.0160. The predicted octanol–water partition coefficient (Wildman–Crippen LogP) is 2.76. The Kier molecular flexibility index (Phi) is 4.76. The first-order valence-corrected chi connectivity index (χ1v) is 8.05. The summed E-state index contributed by atoms with van der Waals surface area (Å²) in [6.07, 6.45) is 4.89. The zero-order valence-electron chi connectivity index (χ0n) is 12.7. The van der Waals surface area contributed by atoms with Crippen LogP contribution in [0.1, 0.15) is 37.7 Å². The molecule has 0 bridgehead atoms. The first kappa shape index (κ1) is 15.8. The van der Waals surface area contributed by atoms with Crippen LogP contribution in [0.25, 0.3) is 0 Å². The van der Waals surface area contributed by atoms with Gasteiger partial charge in [-0.15, -0.1) is 0 Å². The van der Waals surface area contributed by atoms with Gasteiger partial charge in [0.25, 0.3) is 0 Å². The number of rotatable bonds is 6. The van der Waals surface area contributed by atoms with Crippen molar-refractivity contribution < 1.29 is 18.6 Å². The Hall–Kier alpha value is -1.04. The minimum atomic E-state index is -0.537. The van der Waals surface area contributed by atoms with Crippen LogP contribution in [0.15, 0.2) is 18.2 Å². The number of hydrogen-bond acceptors (Lipinski definition) is 3. The van der Waals surface area contributed by atoms with E-state index in [4.69, 9.17) is 4.74 Å². The number of aliphatic hydroxyl groups excluding tert-OH is 1. The summed E-state index contributed by atoms with van der Waals surface area (Å²) in [5.41, 5.74) is -0.158. The van der Waals surface area contributed by atoms with E-state index in [1.54, 1.807) is 0 Å². The zero-order chi connectivity index (χ0) is 15.6. The second-order valence-corrected chi connectivity index (χ2v) is 6.48. The molecule has 2 fully saturated rings. The third-order valence-electron chi connectivity index (χ3n) is 5.22. The highest BCUT2D eigenvalue weighted by Gasteiger charge is 2.47. The molecule has 5 heteroatoms. The van der Waals surface area contributed by atoms with E-state index in [9.17, 15) is 13.9 Å². The molecule has 3 rings (SSSR count). The third kappa shape index (κ3) is 2.90. The highest BCUT2D eigenvalue weighted by atomic mass is 19.1. The van der Waals surface area contributed by atoms with E-state index in [0.29, 0.717) is 0 Å². The van der Waals surface area contributed by atoms with Gasteiger partial charge in [0.15, 0.2) is 0 Å². The lowest BCUT2D eigenvalue weighted by Gasteiger charge is -2.49. The predicted molar refractivity (Wildman–Crippen MR) is 79.3 cm³/mol. The number of benzene rings is 1. The first-order chi connectivity index (χ1) is 10.7. The monoisotopic (exact) mass is 311 g/mol. The molecule has 2 atom stereocenters. The maximum absolute atomic E-state index is 13.8. The molecule has 122 valence electrons. The van der Waals surface area contributed by atoms with Crippen LogP contribution in [0.2, 0.25) is 0 Å². The van der Waals surface area contributed by atoms with Crippen LogP contribution in [-0.2, 0) is 11.3 Å². The van der Waals surface area contributed by atoms with E-state index >= 15 is 0 Å². The molecule has 2 unspecified atom stereocenters. The fraction of sp³-hybridized carbons (Fsp3) is 0.647. The Morgan fingerprint density at radius 2 is 2.00 bits per heavy atom. The summed E-state index contributed by atoms with van der Waals surface area (Å²) >= 11 is 0. The topological polar surface area (TPSA) is 41.5 Å². The Morgan fingerprint density at radius 1 is 1.27 bits per heavy atom. The molecule has 1 aliphatic heterocycles. The van der Waals surface area contributed by atoms with Crippen LogP contribution in [0.5, 0.6) is 0 Å². The normalized spacial score (nSPS) is 25.0. The van der Waals surface area contributed by atoms with E-state index < -0.39 is 11.6 Å². The molecule has 2 aliphatic rings. The van der Waals surface area contributed by atoms with Gasteiger partial charge in [-0.05, 0) is 37.8 Å². The van der Waals surface area contributed by atoms with Crippen molar-refractivity contribution in [2.75, 3.05) is 13.2 Å². The van der Waals surface area contributed by atoms with E-state index in [1.165, 1.54) is 18.2 Å². The van der Waals surface area contributed by atoms with Crippen LogP contribution in [0.3, 0.4) is 0 Å². The molecule has 1 aromatic carbocycles. The van der Waals surface area contributed by atoms with Crippen molar-refractivity contribution in [3.05, 3.63) is 35.4 Å². The fourth-order valence-electron chi connectivity index (χ4n) is 3.72. The molecule has 1 saturated heterocycles. The molecule has 1 aliphatic carbocycles. The molecule has 2 N–H and O–H groups in total. The maximum Gasteiger partial charge on any atom is 0.130 e. The van der Waals surface area contributed by atoms with Gasteiger partial charge in [0.2, 0.25) is 0 Å². The number of aliphatic hydroxyl groups is 1. The third-order valence-corrected chi connectivity index (χ3v) is 5.22. The number of nitrogens with one attached hydrogen (secondary N) is 1. The first-order valence-electron chi connectivity index (χ1n) is 8.05. The van der Waals surface area contributed by atoms with Gasteiger partial charge in [-0.25, -0.2) is 8.78 Å². The van der Waals surface area contributed by atoms with Crippen molar-refractivity contribution in [3.8, 4) is 0 Å². The summed E-state index contributed by atoms with van der Waals surface area (Å²) in [6, 6.07) is 3.85. The number of halogens is 2. The molecule has 1 aromatic rings. The van der Waals surface area contributed by atoms with Crippen LogP contribution in [0.4, 0.5) is 8.78 Å². The Bertz CT molecular complexity index is 488. The lowest BCUT2D eigenvalue weighted by Crippen LogP contribution is -2.57. The maximum atomic E-state index is 13.8. The van der Waals surface area contributed by atoms with Crippen LogP contribution >= 0.6 is 0 Å². The average Bonchev–Trinajstić information content (AvgIpc) is 2.97. The average molecular weight is 311 g/mol. The van der Waals surface area contributed by atoms with E-state index in [1.807, 2.05) is 0 Å². The van der Waals surface area contributed by atoms with Crippen molar-refractivity contribution in [1.29, 1.82) is 0 Å².